The van der Waals surface area contributed by atoms with Crippen molar-refractivity contribution in [1.82, 2.24) is 19.7 Å². The van der Waals surface area contributed by atoms with Gasteiger partial charge in [-0.05, 0) is 43.2 Å². The number of carbonyl (C=O) groups excluding carboxylic acids is 1. The predicted octanol–water partition coefficient (Wildman–Crippen LogP) is 2.79. The third kappa shape index (κ3) is 3.33. The molecule has 1 aliphatic heterocycles. The fourth-order valence-corrected chi connectivity index (χ4v) is 4.33. The first-order valence-electron chi connectivity index (χ1n) is 10.6. The van der Waals surface area contributed by atoms with Gasteiger partial charge in [-0.2, -0.15) is 9.78 Å². The van der Waals surface area contributed by atoms with Crippen LogP contribution in [0.2, 0.25) is 0 Å². The van der Waals surface area contributed by atoms with Crippen LogP contribution in [0.3, 0.4) is 0 Å². The molecule has 1 N–H and O–H groups in total. The van der Waals surface area contributed by atoms with Gasteiger partial charge in [-0.1, -0.05) is 18.2 Å². The Balaban J connectivity index is 1.70. The first kappa shape index (κ1) is 20.3. The zero-order valence-corrected chi connectivity index (χ0v) is 18.0. The number of amides is 1. The normalized spacial score (nSPS) is 16.0. The van der Waals surface area contributed by atoms with E-state index in [4.69, 9.17) is 9.47 Å². The number of nitrogens with zero attached hydrogens (tertiary/aromatic N) is 3. The van der Waals surface area contributed by atoms with Crippen molar-refractivity contribution in [1.29, 1.82) is 0 Å². The van der Waals surface area contributed by atoms with Crippen LogP contribution in [0.4, 0.5) is 0 Å². The van der Waals surface area contributed by atoms with Crippen LogP contribution in [0.5, 0.6) is 5.75 Å². The van der Waals surface area contributed by atoms with E-state index in [9.17, 15) is 9.59 Å². The molecule has 0 radical (unpaired) electrons. The molecule has 1 aliphatic rings. The minimum atomic E-state index is -0.330. The van der Waals surface area contributed by atoms with Gasteiger partial charge in [0.15, 0.2) is 5.69 Å². The molecule has 1 saturated heterocycles. The summed E-state index contributed by atoms with van der Waals surface area (Å²) in [5.74, 6) is 0.339. The van der Waals surface area contributed by atoms with Crippen LogP contribution in [0.1, 0.15) is 23.3 Å². The predicted molar refractivity (Wildman–Crippen MR) is 122 cm³/mol. The number of ether oxygens (including phenoxy) is 2. The van der Waals surface area contributed by atoms with Crippen molar-refractivity contribution >= 4 is 27.7 Å². The maximum absolute atomic E-state index is 13.5. The lowest BCUT2D eigenvalue weighted by molar-refractivity contribution is 0.0854. The molecule has 4 aromatic rings. The molecule has 0 unspecified atom stereocenters. The van der Waals surface area contributed by atoms with Gasteiger partial charge in [0.2, 0.25) is 0 Å². The van der Waals surface area contributed by atoms with Gasteiger partial charge in [0, 0.05) is 36.5 Å². The molecule has 32 heavy (non-hydrogen) atoms. The van der Waals surface area contributed by atoms with Crippen molar-refractivity contribution in [2.45, 2.75) is 18.9 Å². The maximum atomic E-state index is 13.5. The summed E-state index contributed by atoms with van der Waals surface area (Å²) in [5, 5.41) is 8.86. The van der Waals surface area contributed by atoms with Crippen molar-refractivity contribution < 1.29 is 14.3 Å². The highest BCUT2D eigenvalue weighted by Crippen LogP contribution is 2.28. The van der Waals surface area contributed by atoms with Crippen molar-refractivity contribution in [3.63, 3.8) is 0 Å². The highest BCUT2D eigenvalue weighted by Gasteiger charge is 2.24. The van der Waals surface area contributed by atoms with Gasteiger partial charge >= 0.3 is 0 Å². The average Bonchev–Trinajstić information content (AvgIpc) is 3.45. The number of aryl methyl sites for hydroxylation is 1. The Morgan fingerprint density at radius 2 is 2.00 bits per heavy atom. The minimum absolute atomic E-state index is 0.00875. The summed E-state index contributed by atoms with van der Waals surface area (Å²) >= 11 is 0. The summed E-state index contributed by atoms with van der Waals surface area (Å²) in [7, 11) is 3.41. The second-order valence-electron chi connectivity index (χ2n) is 7.91. The molecule has 164 valence electrons. The first-order valence-corrected chi connectivity index (χ1v) is 10.6. The second-order valence-corrected chi connectivity index (χ2v) is 7.91. The number of aromatic nitrogens is 3. The lowest BCUT2D eigenvalue weighted by Crippen LogP contribution is -2.34. The number of fused-ring (bicyclic) bond motifs is 3. The van der Waals surface area contributed by atoms with E-state index in [0.29, 0.717) is 35.5 Å². The quantitative estimate of drug-likeness (QED) is 0.524. The average molecular weight is 432 g/mol. The van der Waals surface area contributed by atoms with Crippen molar-refractivity contribution in [2.24, 2.45) is 7.05 Å². The van der Waals surface area contributed by atoms with E-state index in [1.807, 2.05) is 35.9 Å². The van der Waals surface area contributed by atoms with E-state index in [1.165, 1.54) is 4.68 Å². The van der Waals surface area contributed by atoms with Gasteiger partial charge in [-0.25, -0.2) is 0 Å². The van der Waals surface area contributed by atoms with E-state index < -0.39 is 0 Å². The van der Waals surface area contributed by atoms with Gasteiger partial charge < -0.3 is 19.4 Å². The lowest BCUT2D eigenvalue weighted by Gasteiger charge is -2.13. The van der Waals surface area contributed by atoms with E-state index >= 15 is 0 Å². The summed E-state index contributed by atoms with van der Waals surface area (Å²) in [6.45, 7) is 1.13. The highest BCUT2D eigenvalue weighted by molar-refractivity contribution is 6.16. The third-order valence-electron chi connectivity index (χ3n) is 5.99. The van der Waals surface area contributed by atoms with Crippen LogP contribution < -0.4 is 15.6 Å². The summed E-state index contributed by atoms with van der Waals surface area (Å²) in [6, 6.07) is 14.6. The number of nitrogens with one attached hydrogen (secondary N) is 1. The summed E-state index contributed by atoms with van der Waals surface area (Å²) in [5.41, 5.74) is 1.77. The molecule has 0 aliphatic carbocycles. The number of carbonyl (C=O) groups is 1. The molecule has 1 fully saturated rings. The molecule has 3 heterocycles. The van der Waals surface area contributed by atoms with E-state index in [0.717, 1.165) is 23.7 Å². The molecule has 1 amide bonds. The van der Waals surface area contributed by atoms with Gasteiger partial charge in [0.05, 0.1) is 18.9 Å². The number of methoxy groups -OCH3 is 1. The smallest absolute Gasteiger partial charge is 0.296 e. The van der Waals surface area contributed by atoms with E-state index in [1.54, 1.807) is 31.4 Å². The standard InChI is InChI=1S/C24H24N4O4/c1-27-19-8-4-3-7-18(19)20-21(23(29)25-14-17-6-5-13-32-17)26-28(24(30)22(20)27)15-9-11-16(31-2)12-10-15/h3-4,7-12,17H,5-6,13-14H2,1-2H3,(H,25,29)/t17-/m1/s1. The van der Waals surface area contributed by atoms with Crippen LogP contribution in [-0.2, 0) is 11.8 Å². The van der Waals surface area contributed by atoms with Crippen LogP contribution in [0.25, 0.3) is 27.5 Å². The Bertz CT molecular complexity index is 1370. The fourth-order valence-electron chi connectivity index (χ4n) is 4.33. The van der Waals surface area contributed by atoms with E-state index in [-0.39, 0.29) is 23.3 Å². The zero-order chi connectivity index (χ0) is 22.2. The van der Waals surface area contributed by atoms with Crippen LogP contribution >= 0.6 is 0 Å². The topological polar surface area (TPSA) is 87.4 Å². The van der Waals surface area contributed by atoms with Crippen molar-refractivity contribution in [3.8, 4) is 11.4 Å². The Morgan fingerprint density at radius 1 is 1.22 bits per heavy atom. The number of hydrogen-bond acceptors (Lipinski definition) is 5. The van der Waals surface area contributed by atoms with Crippen LogP contribution in [0.15, 0.2) is 53.3 Å². The Labute approximate surface area is 184 Å². The van der Waals surface area contributed by atoms with Gasteiger partial charge in [0.1, 0.15) is 11.3 Å². The fraction of sp³-hybridized carbons (Fsp3) is 0.292. The molecule has 1 atom stereocenters. The molecule has 0 spiro atoms. The number of hydrogen-bond donors (Lipinski definition) is 1. The summed E-state index contributed by atoms with van der Waals surface area (Å²) in [4.78, 5) is 26.8. The molecule has 0 bridgehead atoms. The Kier molecular flexibility index (Phi) is 5.14. The number of rotatable bonds is 5. The van der Waals surface area contributed by atoms with Crippen molar-refractivity contribution in [3.05, 3.63) is 64.6 Å². The number of benzene rings is 2. The Morgan fingerprint density at radius 3 is 2.72 bits per heavy atom. The maximum Gasteiger partial charge on any atom is 0.296 e. The minimum Gasteiger partial charge on any atom is -0.497 e. The first-order chi connectivity index (χ1) is 15.6. The number of para-hydroxylation sites is 1. The monoisotopic (exact) mass is 432 g/mol. The second kappa shape index (κ2) is 8.12. The van der Waals surface area contributed by atoms with E-state index in [2.05, 4.69) is 10.4 Å². The lowest BCUT2D eigenvalue weighted by atomic mass is 10.1. The Hall–Kier alpha value is -3.65. The molecular weight excluding hydrogens is 408 g/mol. The molecule has 8 nitrogen and oxygen atoms in total. The molecule has 0 saturated carbocycles. The SMILES string of the molecule is COc1ccc(-n2nc(C(=O)NC[C@H]3CCCO3)c3c4ccccc4n(C)c3c2=O)cc1. The highest BCUT2D eigenvalue weighted by atomic mass is 16.5. The molecule has 2 aromatic carbocycles. The molecule has 8 heteroatoms. The van der Waals surface area contributed by atoms with Gasteiger partial charge in [-0.15, -0.1) is 0 Å². The van der Waals surface area contributed by atoms with Gasteiger partial charge in [0.25, 0.3) is 11.5 Å². The third-order valence-corrected chi connectivity index (χ3v) is 5.99. The van der Waals surface area contributed by atoms with Crippen LogP contribution in [0, 0.1) is 0 Å². The summed E-state index contributed by atoms with van der Waals surface area (Å²) in [6.07, 6.45) is 1.92. The molecular formula is C24H24N4O4. The van der Waals surface area contributed by atoms with Gasteiger partial charge in [-0.3, -0.25) is 9.59 Å². The molecule has 2 aromatic heterocycles. The van der Waals surface area contributed by atoms with Crippen molar-refractivity contribution in [2.75, 3.05) is 20.3 Å². The largest absolute Gasteiger partial charge is 0.497 e. The summed E-state index contributed by atoms with van der Waals surface area (Å²) < 4.78 is 14.0. The van der Waals surface area contributed by atoms with Crippen LogP contribution in [-0.4, -0.2) is 46.6 Å². The zero-order valence-electron chi connectivity index (χ0n) is 18.0. The molecule has 5 rings (SSSR count).